The number of aromatic nitrogens is 4. The van der Waals surface area contributed by atoms with Crippen LogP contribution < -0.4 is 10.2 Å². The average molecular weight is 532 g/mol. The highest BCUT2D eigenvalue weighted by atomic mass is 32.2. The third kappa shape index (κ3) is 7.94. The van der Waals surface area contributed by atoms with Crippen LogP contribution in [0.25, 0.3) is 16.7 Å². The van der Waals surface area contributed by atoms with E-state index in [-0.39, 0.29) is 10.5 Å². The summed E-state index contributed by atoms with van der Waals surface area (Å²) >= 11 is 0. The Morgan fingerprint density at radius 3 is 2.35 bits per heavy atom. The molecule has 202 valence electrons. The Balaban J connectivity index is 0.000000479. The van der Waals surface area contributed by atoms with Crippen LogP contribution in [-0.2, 0) is 19.4 Å². The van der Waals surface area contributed by atoms with E-state index >= 15 is 0 Å². The first-order valence-corrected chi connectivity index (χ1v) is 14.2. The molecule has 1 saturated heterocycles. The Labute approximate surface area is 218 Å². The van der Waals surface area contributed by atoms with Crippen LogP contribution in [0.3, 0.4) is 0 Å². The van der Waals surface area contributed by atoms with Crippen LogP contribution in [0.2, 0.25) is 0 Å². The van der Waals surface area contributed by atoms with E-state index in [1.165, 1.54) is 6.26 Å². The summed E-state index contributed by atoms with van der Waals surface area (Å²) in [5, 5.41) is 8.77. The number of sulfone groups is 1. The largest absolute Gasteiger partial charge is 0.462 e. The summed E-state index contributed by atoms with van der Waals surface area (Å²) in [7, 11) is -3.24. The number of benzene rings is 1. The van der Waals surface area contributed by atoms with Gasteiger partial charge < -0.3 is 15.0 Å². The molecule has 0 aliphatic carbocycles. The Morgan fingerprint density at radius 1 is 1.14 bits per heavy atom. The molecule has 37 heavy (non-hydrogen) atoms. The number of carbonyl (C=O) groups is 1. The number of hydrogen-bond donors (Lipinski definition) is 1. The zero-order chi connectivity index (χ0) is 27.1. The number of fused-ring (bicyclic) bond motifs is 1. The molecule has 1 N–H and O–H groups in total. The van der Waals surface area contributed by atoms with Crippen molar-refractivity contribution in [2.45, 2.75) is 38.2 Å². The summed E-state index contributed by atoms with van der Waals surface area (Å²) in [5.74, 6) is 0.872. The van der Waals surface area contributed by atoms with Gasteiger partial charge in [-0.25, -0.2) is 23.1 Å². The lowest BCUT2D eigenvalue weighted by atomic mass is 10.2. The SMILES string of the molecule is CC(C)(C)OC=O.CCN(CCN1CCNCC1)c1ncnc2c1cnn2-c1ccc(S(C)(=O)=O)cc1. The molecule has 4 rings (SSSR count). The second-order valence-electron chi connectivity index (χ2n) is 9.75. The van der Waals surface area contributed by atoms with E-state index < -0.39 is 9.84 Å². The third-order valence-corrected chi connectivity index (χ3v) is 6.96. The van der Waals surface area contributed by atoms with Gasteiger partial charge in [-0.2, -0.15) is 5.10 Å². The van der Waals surface area contributed by atoms with Gasteiger partial charge in [0.05, 0.1) is 22.2 Å². The van der Waals surface area contributed by atoms with Crippen LogP contribution >= 0.6 is 0 Å². The number of rotatable bonds is 8. The molecule has 1 fully saturated rings. The summed E-state index contributed by atoms with van der Waals surface area (Å²) in [5.41, 5.74) is 1.14. The molecule has 0 atom stereocenters. The first-order chi connectivity index (χ1) is 17.5. The van der Waals surface area contributed by atoms with E-state index in [1.54, 1.807) is 41.5 Å². The van der Waals surface area contributed by atoms with E-state index in [0.717, 1.165) is 62.7 Å². The van der Waals surface area contributed by atoms with Crippen LogP contribution in [-0.4, -0.2) is 97.2 Å². The normalized spacial score (nSPS) is 14.6. The molecule has 0 saturated carbocycles. The second kappa shape index (κ2) is 12.4. The van der Waals surface area contributed by atoms with Gasteiger partial charge in [0, 0.05) is 52.1 Å². The first-order valence-electron chi connectivity index (χ1n) is 12.3. The molecule has 1 aliphatic rings. The maximum absolute atomic E-state index is 11.7. The summed E-state index contributed by atoms with van der Waals surface area (Å²) in [6.07, 6.45) is 4.54. The van der Waals surface area contributed by atoms with Crippen molar-refractivity contribution in [2.75, 3.05) is 57.0 Å². The molecule has 3 aromatic rings. The third-order valence-electron chi connectivity index (χ3n) is 5.83. The van der Waals surface area contributed by atoms with Gasteiger partial charge in [-0.05, 0) is 52.0 Å². The minimum atomic E-state index is -3.24. The number of likely N-dealkylation sites (N-methyl/N-ethyl adjacent to an activating group) is 1. The smallest absolute Gasteiger partial charge is 0.293 e. The molecule has 3 heterocycles. The zero-order valence-corrected chi connectivity index (χ0v) is 23.0. The average Bonchev–Trinajstić information content (AvgIpc) is 3.29. The number of carbonyl (C=O) groups excluding carboxylic acids is 1. The van der Waals surface area contributed by atoms with Gasteiger partial charge in [0.2, 0.25) is 0 Å². The maximum atomic E-state index is 11.7. The van der Waals surface area contributed by atoms with Crippen LogP contribution in [0.1, 0.15) is 27.7 Å². The topological polar surface area (TPSA) is 123 Å². The number of piperazine rings is 1. The van der Waals surface area contributed by atoms with Crippen molar-refractivity contribution in [1.29, 1.82) is 0 Å². The van der Waals surface area contributed by atoms with E-state index in [0.29, 0.717) is 12.1 Å². The Kier molecular flexibility index (Phi) is 9.57. The number of nitrogens with one attached hydrogen (secondary N) is 1. The maximum Gasteiger partial charge on any atom is 0.293 e. The lowest BCUT2D eigenvalue weighted by Gasteiger charge is -2.30. The van der Waals surface area contributed by atoms with Crippen molar-refractivity contribution in [2.24, 2.45) is 0 Å². The fourth-order valence-electron chi connectivity index (χ4n) is 3.86. The summed E-state index contributed by atoms with van der Waals surface area (Å²) in [4.78, 5) is 23.6. The van der Waals surface area contributed by atoms with Gasteiger partial charge in [-0.1, -0.05) is 0 Å². The number of hydrogen-bond acceptors (Lipinski definition) is 10. The second-order valence-corrected chi connectivity index (χ2v) is 11.8. The molecule has 0 amide bonds. The molecule has 11 nitrogen and oxygen atoms in total. The van der Waals surface area contributed by atoms with Crippen molar-refractivity contribution in [1.82, 2.24) is 30.0 Å². The van der Waals surface area contributed by atoms with Crippen molar-refractivity contribution >= 4 is 33.2 Å². The van der Waals surface area contributed by atoms with Gasteiger partial charge >= 0.3 is 0 Å². The van der Waals surface area contributed by atoms with Crippen molar-refractivity contribution < 1.29 is 17.9 Å². The minimum absolute atomic E-state index is 0.281. The van der Waals surface area contributed by atoms with Gasteiger partial charge in [-0.15, -0.1) is 0 Å². The summed E-state index contributed by atoms with van der Waals surface area (Å²) < 4.78 is 29.7. The molecular formula is C25H37N7O4S. The molecule has 2 aromatic heterocycles. The van der Waals surface area contributed by atoms with Gasteiger partial charge in [0.15, 0.2) is 15.5 Å². The van der Waals surface area contributed by atoms with Gasteiger partial charge in [0.25, 0.3) is 6.47 Å². The van der Waals surface area contributed by atoms with Crippen molar-refractivity contribution in [3.63, 3.8) is 0 Å². The number of ether oxygens (including phenoxy) is 1. The van der Waals surface area contributed by atoms with E-state index in [1.807, 2.05) is 20.8 Å². The molecule has 0 unspecified atom stereocenters. The highest BCUT2D eigenvalue weighted by molar-refractivity contribution is 7.90. The predicted molar refractivity (Wildman–Crippen MR) is 144 cm³/mol. The summed E-state index contributed by atoms with van der Waals surface area (Å²) in [6.45, 7) is 15.0. The predicted octanol–water partition coefficient (Wildman–Crippen LogP) is 1.91. The lowest BCUT2D eigenvalue weighted by molar-refractivity contribution is -0.138. The van der Waals surface area contributed by atoms with Crippen LogP contribution in [0.15, 0.2) is 41.7 Å². The van der Waals surface area contributed by atoms with Crippen molar-refractivity contribution in [3.05, 3.63) is 36.8 Å². The number of nitrogens with zero attached hydrogens (tertiary/aromatic N) is 6. The standard InChI is InChI=1S/C20H27N7O2S.C5H10O2/c1-3-26(13-12-25-10-8-21-9-11-25)19-18-14-24-27(20(18)23-15-22-19)16-4-6-17(7-5-16)30(2,28)29;1-5(2,3)7-4-6/h4-7,14-15,21H,3,8-13H2,1-2H3;4H,1-3H3. The zero-order valence-electron chi connectivity index (χ0n) is 22.2. The molecule has 1 aromatic carbocycles. The monoisotopic (exact) mass is 531 g/mol. The quantitative estimate of drug-likeness (QED) is 0.431. The molecule has 0 radical (unpaired) electrons. The van der Waals surface area contributed by atoms with Crippen LogP contribution in [0.5, 0.6) is 0 Å². The fraction of sp³-hybridized carbons (Fsp3) is 0.520. The van der Waals surface area contributed by atoms with Gasteiger partial charge in [-0.3, -0.25) is 9.69 Å². The van der Waals surface area contributed by atoms with E-state index in [4.69, 9.17) is 0 Å². The van der Waals surface area contributed by atoms with Gasteiger partial charge in [0.1, 0.15) is 17.7 Å². The molecule has 0 bridgehead atoms. The van der Waals surface area contributed by atoms with E-state index in [9.17, 15) is 13.2 Å². The Morgan fingerprint density at radius 2 is 1.81 bits per heavy atom. The molecule has 12 heteroatoms. The first kappa shape index (κ1) is 28.5. The summed E-state index contributed by atoms with van der Waals surface area (Å²) in [6, 6.07) is 6.66. The fourth-order valence-corrected chi connectivity index (χ4v) is 4.49. The van der Waals surface area contributed by atoms with E-state index in [2.05, 4.69) is 41.8 Å². The highest BCUT2D eigenvalue weighted by Crippen LogP contribution is 2.25. The molecular weight excluding hydrogens is 494 g/mol. The molecule has 0 spiro atoms. The van der Waals surface area contributed by atoms with Crippen LogP contribution in [0.4, 0.5) is 5.82 Å². The number of anilines is 1. The molecule has 1 aliphatic heterocycles. The van der Waals surface area contributed by atoms with Crippen LogP contribution in [0, 0.1) is 0 Å². The lowest BCUT2D eigenvalue weighted by Crippen LogP contribution is -2.46. The Bertz CT molecular complexity index is 1260. The highest BCUT2D eigenvalue weighted by Gasteiger charge is 2.18. The van der Waals surface area contributed by atoms with Crippen molar-refractivity contribution in [3.8, 4) is 5.69 Å². The minimum Gasteiger partial charge on any atom is -0.462 e. The Hall–Kier alpha value is -3.09.